The number of fused-ring (bicyclic) bond motifs is 1. The van der Waals surface area contributed by atoms with Gasteiger partial charge in [-0.05, 0) is 31.4 Å². The van der Waals surface area contributed by atoms with Gasteiger partial charge in [-0.1, -0.05) is 23.2 Å². The van der Waals surface area contributed by atoms with Gasteiger partial charge in [-0.3, -0.25) is 5.32 Å². The number of carbonyl (C=O) groups excluding carboxylic acids is 1. The molecule has 1 aliphatic heterocycles. The van der Waals surface area contributed by atoms with E-state index >= 15 is 0 Å². The average Bonchev–Trinajstić information content (AvgIpc) is 2.48. The van der Waals surface area contributed by atoms with Gasteiger partial charge in [0.15, 0.2) is 0 Å². The Morgan fingerprint density at radius 2 is 2.17 bits per heavy atom. The Hall–Kier alpha value is -1.32. The van der Waals surface area contributed by atoms with Crippen molar-refractivity contribution in [3.05, 3.63) is 27.2 Å². The molecule has 2 rings (SSSR count). The number of carbonyl (C=O) groups is 2. The molecular weight excluding hydrogens is 360 g/mol. The summed E-state index contributed by atoms with van der Waals surface area (Å²) in [5.41, 5.74) is 0.136. The van der Waals surface area contributed by atoms with Crippen LogP contribution in [0.15, 0.2) is 6.07 Å². The number of rotatable bonds is 6. The summed E-state index contributed by atoms with van der Waals surface area (Å²) in [6.07, 6.45) is -0.461. The van der Waals surface area contributed by atoms with Crippen LogP contribution >= 0.6 is 23.2 Å². The van der Waals surface area contributed by atoms with Crippen molar-refractivity contribution in [2.75, 3.05) is 0 Å². The van der Waals surface area contributed by atoms with E-state index in [4.69, 9.17) is 27.9 Å². The highest BCUT2D eigenvalue weighted by molar-refractivity contribution is 6.47. The Morgan fingerprint density at radius 1 is 1.50 bits per heavy atom. The van der Waals surface area contributed by atoms with Crippen molar-refractivity contribution < 1.29 is 29.5 Å². The second-order valence-corrected chi connectivity index (χ2v) is 6.37. The highest BCUT2D eigenvalue weighted by Crippen LogP contribution is 2.39. The van der Waals surface area contributed by atoms with Gasteiger partial charge in [0.25, 0.3) is 0 Å². The highest BCUT2D eigenvalue weighted by atomic mass is 35.5. The molecule has 0 amide bonds. The summed E-state index contributed by atoms with van der Waals surface area (Å²) in [4.78, 5) is 22.3. The Morgan fingerprint density at radius 3 is 2.75 bits per heavy atom. The molecule has 0 aromatic heterocycles. The van der Waals surface area contributed by atoms with Crippen LogP contribution in [0.3, 0.4) is 0 Å². The molecule has 0 fully saturated rings. The Bertz CT molecular complexity index is 671. The molecule has 1 aromatic carbocycles. The van der Waals surface area contributed by atoms with E-state index in [1.54, 1.807) is 0 Å². The summed E-state index contributed by atoms with van der Waals surface area (Å²) in [7, 11) is -1.39. The zero-order valence-electron chi connectivity index (χ0n) is 12.8. The van der Waals surface area contributed by atoms with Crippen molar-refractivity contribution in [3.8, 4) is 5.75 Å². The summed E-state index contributed by atoms with van der Waals surface area (Å²) in [6.45, 7) is 1.42. The van der Waals surface area contributed by atoms with Gasteiger partial charge in [-0.25, -0.2) is 4.79 Å². The first kappa shape index (κ1) is 19.0. The number of carboxylic acid groups (broad SMARTS) is 1. The van der Waals surface area contributed by atoms with E-state index in [9.17, 15) is 24.8 Å². The molecule has 0 saturated heterocycles. The molecule has 1 aromatic rings. The topological polar surface area (TPSA) is 116 Å². The zero-order valence-corrected chi connectivity index (χ0v) is 14.3. The molecule has 130 valence electrons. The van der Waals surface area contributed by atoms with Gasteiger partial charge in [0, 0.05) is 6.42 Å². The molecule has 1 unspecified atom stereocenters. The normalized spacial score (nSPS) is 17.9. The van der Waals surface area contributed by atoms with Crippen LogP contribution in [-0.4, -0.2) is 46.3 Å². The number of benzene rings is 1. The van der Waals surface area contributed by atoms with Crippen LogP contribution in [0.25, 0.3) is 0 Å². The first-order valence-electron chi connectivity index (χ1n) is 7.23. The van der Waals surface area contributed by atoms with Gasteiger partial charge >= 0.3 is 13.1 Å². The number of aliphatic hydroxyl groups is 1. The monoisotopic (exact) mass is 375 g/mol. The van der Waals surface area contributed by atoms with E-state index in [1.165, 1.54) is 13.0 Å². The lowest BCUT2D eigenvalue weighted by molar-refractivity contribution is -0.117. The van der Waals surface area contributed by atoms with Crippen molar-refractivity contribution in [2.24, 2.45) is 0 Å². The molecule has 10 heteroatoms. The Balaban J connectivity index is 2.21. The maximum Gasteiger partial charge on any atom is 0.541 e. The molecule has 0 radical (unpaired) electrons. The quantitative estimate of drug-likeness (QED) is 0.437. The van der Waals surface area contributed by atoms with E-state index in [0.717, 1.165) is 0 Å². The minimum Gasteiger partial charge on any atom is -0.534 e. The summed E-state index contributed by atoms with van der Waals surface area (Å²) in [5, 5.41) is 31.9. The fourth-order valence-corrected chi connectivity index (χ4v) is 2.94. The van der Waals surface area contributed by atoms with Gasteiger partial charge in [0.2, 0.25) is 0 Å². The van der Waals surface area contributed by atoms with Crippen LogP contribution in [0.1, 0.15) is 35.7 Å². The van der Waals surface area contributed by atoms with Gasteiger partial charge in [0.1, 0.15) is 23.3 Å². The minimum atomic E-state index is -1.39. The molecule has 1 aliphatic rings. The number of ketones is 1. The lowest BCUT2D eigenvalue weighted by Gasteiger charge is -2.31. The third-order valence-electron chi connectivity index (χ3n) is 3.66. The molecular formula is C14H16BCl2NO6. The molecule has 0 aliphatic carbocycles. The molecule has 4 N–H and O–H groups in total. The van der Waals surface area contributed by atoms with Crippen molar-refractivity contribution in [2.45, 2.75) is 38.4 Å². The number of hydrogen-bond donors (Lipinski definition) is 4. The SMILES string of the molecule is CC(=O)CCC(O)N[C@H]1Cc2cc(Cl)c(Cl)c(C(=O)O)c2OB1O. The molecule has 0 spiro atoms. The molecule has 7 nitrogen and oxygen atoms in total. The number of aromatic carboxylic acids is 1. The molecule has 0 bridgehead atoms. The van der Waals surface area contributed by atoms with E-state index in [0.29, 0.717) is 5.56 Å². The first-order chi connectivity index (χ1) is 11.2. The maximum atomic E-state index is 11.4. The fourth-order valence-electron chi connectivity index (χ4n) is 2.49. The largest absolute Gasteiger partial charge is 0.541 e. The average molecular weight is 376 g/mol. The number of Topliss-reactive ketones (excluding diaryl/α,β-unsaturated/α-hetero) is 1. The standard InChI is InChI=1S/C14H16BCl2NO6/c1-6(19)2-3-10(20)18-9-5-7-4-8(16)12(17)11(14(21)22)13(7)24-15(9)23/h4,9-10,18,20,23H,2-3,5H2,1H3,(H,21,22)/t9-,10?/m0/s1. The molecule has 24 heavy (non-hydrogen) atoms. The zero-order chi connectivity index (χ0) is 18.0. The predicted octanol–water partition coefficient (Wildman–Crippen LogP) is 1.29. The van der Waals surface area contributed by atoms with Crippen LogP contribution < -0.4 is 9.97 Å². The van der Waals surface area contributed by atoms with Crippen LogP contribution in [0.2, 0.25) is 10.0 Å². The first-order valence-corrected chi connectivity index (χ1v) is 7.98. The second-order valence-electron chi connectivity index (χ2n) is 5.58. The van der Waals surface area contributed by atoms with Gasteiger partial charge in [0.05, 0.1) is 16.0 Å². The predicted molar refractivity (Wildman–Crippen MR) is 88.6 cm³/mol. The van der Waals surface area contributed by atoms with E-state index in [2.05, 4.69) is 5.32 Å². The number of hydrogen-bond acceptors (Lipinski definition) is 6. The number of aliphatic hydroxyl groups excluding tert-OH is 1. The Labute approximate surface area is 148 Å². The Kier molecular flexibility index (Phi) is 6.11. The third-order valence-corrected chi connectivity index (χ3v) is 4.45. The van der Waals surface area contributed by atoms with Crippen LogP contribution in [0.5, 0.6) is 5.75 Å². The molecule has 0 saturated carbocycles. The molecule has 2 atom stereocenters. The van der Waals surface area contributed by atoms with Crippen LogP contribution in [-0.2, 0) is 11.2 Å². The van der Waals surface area contributed by atoms with Crippen molar-refractivity contribution >= 4 is 42.1 Å². The van der Waals surface area contributed by atoms with Gasteiger partial charge < -0.3 is 24.7 Å². The van der Waals surface area contributed by atoms with E-state index in [-0.39, 0.29) is 46.4 Å². The molecule has 1 heterocycles. The summed E-state index contributed by atoms with van der Waals surface area (Å²) in [5.74, 6) is -2.12. The lowest BCUT2D eigenvalue weighted by Crippen LogP contribution is -2.54. The second kappa shape index (κ2) is 7.71. The number of halogens is 2. The van der Waals surface area contributed by atoms with Crippen LogP contribution in [0.4, 0.5) is 0 Å². The van der Waals surface area contributed by atoms with E-state index in [1.807, 2.05) is 0 Å². The van der Waals surface area contributed by atoms with Crippen LogP contribution in [0, 0.1) is 0 Å². The van der Waals surface area contributed by atoms with Gasteiger partial charge in [-0.2, -0.15) is 0 Å². The van der Waals surface area contributed by atoms with Crippen molar-refractivity contribution in [3.63, 3.8) is 0 Å². The number of carboxylic acids is 1. The smallest absolute Gasteiger partial charge is 0.534 e. The fraction of sp³-hybridized carbons (Fsp3) is 0.429. The lowest BCUT2D eigenvalue weighted by atomic mass is 9.72. The minimum absolute atomic E-state index is 0.0410. The van der Waals surface area contributed by atoms with Crippen molar-refractivity contribution in [1.29, 1.82) is 0 Å². The number of nitrogens with one attached hydrogen (secondary N) is 1. The van der Waals surface area contributed by atoms with E-state index < -0.39 is 25.3 Å². The summed E-state index contributed by atoms with van der Waals surface area (Å²) in [6, 6.07) is 1.47. The summed E-state index contributed by atoms with van der Waals surface area (Å²) < 4.78 is 5.29. The maximum absolute atomic E-state index is 11.4. The van der Waals surface area contributed by atoms with Crippen molar-refractivity contribution in [1.82, 2.24) is 5.32 Å². The third kappa shape index (κ3) is 4.20. The highest BCUT2D eigenvalue weighted by Gasteiger charge is 2.39. The van der Waals surface area contributed by atoms with Gasteiger partial charge in [-0.15, -0.1) is 0 Å². The summed E-state index contributed by atoms with van der Waals surface area (Å²) >= 11 is 11.9.